The molecule has 3 N–H and O–H groups in total. The third-order valence-corrected chi connectivity index (χ3v) is 5.97. The molecule has 0 heterocycles. The zero-order chi connectivity index (χ0) is 21.8. The topological polar surface area (TPSA) is 60.7 Å². The van der Waals surface area contributed by atoms with Gasteiger partial charge in [0, 0.05) is 5.41 Å². The fraction of sp³-hybridized carbons (Fsp3) is 0.333. The minimum absolute atomic E-state index is 0.0669. The van der Waals surface area contributed by atoms with Crippen LogP contribution in [0.15, 0.2) is 78.9 Å². The molecule has 1 saturated carbocycles. The number of phenolic OH excluding ortho intramolecular Hbond substituents is 3. The van der Waals surface area contributed by atoms with Crippen LogP contribution >= 0.6 is 0 Å². The Bertz CT molecular complexity index is 883. The molecule has 3 nitrogen and oxygen atoms in total. The predicted molar refractivity (Wildman–Crippen MR) is 122 cm³/mol. The van der Waals surface area contributed by atoms with Crippen molar-refractivity contribution in [2.75, 3.05) is 0 Å². The van der Waals surface area contributed by atoms with E-state index in [4.69, 9.17) is 5.11 Å². The average Bonchev–Trinajstić information content (AvgIpc) is 2.68. The second kappa shape index (κ2) is 8.83. The highest BCUT2D eigenvalue weighted by molar-refractivity contribution is 5.44. The molecule has 1 aliphatic rings. The van der Waals surface area contributed by atoms with Crippen molar-refractivity contribution in [3.05, 3.63) is 90.0 Å². The van der Waals surface area contributed by atoms with Crippen molar-refractivity contribution in [2.24, 2.45) is 11.3 Å². The van der Waals surface area contributed by atoms with Crippen LogP contribution in [0.4, 0.5) is 0 Å². The number of hydrogen-bond donors (Lipinski definition) is 3. The van der Waals surface area contributed by atoms with Gasteiger partial charge in [0.05, 0.1) is 0 Å². The Hall–Kier alpha value is -2.94. The molecule has 0 aliphatic heterocycles. The van der Waals surface area contributed by atoms with E-state index in [9.17, 15) is 10.2 Å². The van der Waals surface area contributed by atoms with Crippen LogP contribution in [0, 0.1) is 11.3 Å². The monoisotopic (exact) mass is 404 g/mol. The average molecular weight is 405 g/mol. The molecule has 3 aromatic carbocycles. The largest absolute Gasteiger partial charge is 0.508 e. The molecule has 0 bridgehead atoms. The number of benzene rings is 3. The first kappa shape index (κ1) is 21.8. The second-order valence-corrected chi connectivity index (χ2v) is 9.37. The van der Waals surface area contributed by atoms with Gasteiger partial charge in [0.25, 0.3) is 0 Å². The molecule has 1 atom stereocenters. The third kappa shape index (κ3) is 5.15. The Morgan fingerprint density at radius 2 is 1.07 bits per heavy atom. The molecule has 1 fully saturated rings. The van der Waals surface area contributed by atoms with E-state index in [0.717, 1.165) is 12.8 Å². The summed E-state index contributed by atoms with van der Waals surface area (Å²) in [6.07, 6.45) is 3.39. The molecule has 0 amide bonds. The number of para-hydroxylation sites is 1. The van der Waals surface area contributed by atoms with Crippen molar-refractivity contribution in [1.82, 2.24) is 0 Å². The van der Waals surface area contributed by atoms with Gasteiger partial charge in [-0.2, -0.15) is 0 Å². The summed E-state index contributed by atoms with van der Waals surface area (Å²) in [6.45, 7) is 7.02. The predicted octanol–water partition coefficient (Wildman–Crippen LogP) is 6.62. The van der Waals surface area contributed by atoms with Crippen LogP contribution in [0.2, 0.25) is 0 Å². The third-order valence-electron chi connectivity index (χ3n) is 5.97. The van der Waals surface area contributed by atoms with Crippen LogP contribution in [0.5, 0.6) is 17.2 Å². The zero-order valence-electron chi connectivity index (χ0n) is 18.0. The van der Waals surface area contributed by atoms with Crippen molar-refractivity contribution < 1.29 is 15.3 Å². The SMILES string of the molecule is CC1CC(C)(C)CC(c2ccc(O)cc2)(c2ccc(O)cc2)C1.Oc1ccccc1. The second-order valence-electron chi connectivity index (χ2n) is 9.37. The van der Waals surface area contributed by atoms with Crippen LogP contribution in [-0.4, -0.2) is 15.3 Å². The Labute approximate surface area is 179 Å². The summed E-state index contributed by atoms with van der Waals surface area (Å²) in [4.78, 5) is 0. The van der Waals surface area contributed by atoms with Gasteiger partial charge in [0.15, 0.2) is 0 Å². The molecule has 0 saturated heterocycles. The van der Waals surface area contributed by atoms with E-state index < -0.39 is 0 Å². The Morgan fingerprint density at radius 1 is 0.633 bits per heavy atom. The fourth-order valence-electron chi connectivity index (χ4n) is 5.17. The van der Waals surface area contributed by atoms with Crippen molar-refractivity contribution in [1.29, 1.82) is 0 Å². The Kier molecular flexibility index (Phi) is 6.40. The lowest BCUT2D eigenvalue weighted by Gasteiger charge is -2.48. The minimum Gasteiger partial charge on any atom is -0.508 e. The molecular formula is C27H32O3. The van der Waals surface area contributed by atoms with Gasteiger partial charge in [-0.1, -0.05) is 63.2 Å². The molecule has 3 heteroatoms. The lowest BCUT2D eigenvalue weighted by Crippen LogP contribution is -2.41. The first-order chi connectivity index (χ1) is 14.2. The van der Waals surface area contributed by atoms with Crippen LogP contribution in [0.25, 0.3) is 0 Å². The highest BCUT2D eigenvalue weighted by Crippen LogP contribution is 2.53. The molecule has 30 heavy (non-hydrogen) atoms. The molecule has 158 valence electrons. The lowest BCUT2D eigenvalue weighted by atomic mass is 9.55. The minimum atomic E-state index is -0.0669. The van der Waals surface area contributed by atoms with Gasteiger partial charge in [0.1, 0.15) is 17.2 Å². The van der Waals surface area contributed by atoms with Gasteiger partial charge in [-0.05, 0) is 78.1 Å². The summed E-state index contributed by atoms with van der Waals surface area (Å²) in [7, 11) is 0. The van der Waals surface area contributed by atoms with E-state index in [-0.39, 0.29) is 10.8 Å². The van der Waals surface area contributed by atoms with Gasteiger partial charge in [-0.25, -0.2) is 0 Å². The van der Waals surface area contributed by atoms with Gasteiger partial charge in [0.2, 0.25) is 0 Å². The molecular weight excluding hydrogens is 372 g/mol. The molecule has 0 aromatic heterocycles. The van der Waals surface area contributed by atoms with E-state index in [1.165, 1.54) is 17.5 Å². The van der Waals surface area contributed by atoms with Crippen molar-refractivity contribution >= 4 is 0 Å². The molecule has 0 spiro atoms. The van der Waals surface area contributed by atoms with E-state index in [1.54, 1.807) is 48.5 Å². The smallest absolute Gasteiger partial charge is 0.115 e. The first-order valence-corrected chi connectivity index (χ1v) is 10.5. The van der Waals surface area contributed by atoms with Crippen molar-refractivity contribution in [2.45, 2.75) is 45.4 Å². The molecule has 1 aliphatic carbocycles. The first-order valence-electron chi connectivity index (χ1n) is 10.5. The maximum absolute atomic E-state index is 9.67. The van der Waals surface area contributed by atoms with Gasteiger partial charge in [-0.15, -0.1) is 0 Å². The number of hydrogen-bond acceptors (Lipinski definition) is 3. The maximum atomic E-state index is 9.67. The van der Waals surface area contributed by atoms with Gasteiger partial charge < -0.3 is 15.3 Å². The van der Waals surface area contributed by atoms with Crippen molar-refractivity contribution in [3.63, 3.8) is 0 Å². The van der Waals surface area contributed by atoms with E-state index >= 15 is 0 Å². The van der Waals surface area contributed by atoms with E-state index in [1.807, 2.05) is 6.07 Å². The highest BCUT2D eigenvalue weighted by Gasteiger charge is 2.45. The molecule has 1 unspecified atom stereocenters. The molecule has 0 radical (unpaired) electrons. The van der Waals surface area contributed by atoms with Gasteiger partial charge in [-0.3, -0.25) is 0 Å². The fourth-order valence-corrected chi connectivity index (χ4v) is 5.17. The van der Waals surface area contributed by atoms with Crippen LogP contribution < -0.4 is 0 Å². The summed E-state index contributed by atoms with van der Waals surface area (Å²) in [5.74, 6) is 1.55. The Balaban J connectivity index is 0.000000310. The summed E-state index contributed by atoms with van der Waals surface area (Å²) >= 11 is 0. The summed E-state index contributed by atoms with van der Waals surface area (Å²) < 4.78 is 0. The van der Waals surface area contributed by atoms with Gasteiger partial charge >= 0.3 is 0 Å². The normalized spacial score (nSPS) is 19.4. The Morgan fingerprint density at radius 3 is 1.43 bits per heavy atom. The maximum Gasteiger partial charge on any atom is 0.115 e. The van der Waals surface area contributed by atoms with E-state index in [0.29, 0.717) is 23.2 Å². The quantitative estimate of drug-likeness (QED) is 0.450. The summed E-state index contributed by atoms with van der Waals surface area (Å²) in [6, 6.07) is 24.0. The number of rotatable bonds is 2. The highest BCUT2D eigenvalue weighted by atomic mass is 16.3. The zero-order valence-corrected chi connectivity index (χ0v) is 18.0. The number of phenols is 3. The standard InChI is InChI=1S/C21H26O2.C6H6O/c1-15-12-20(2,3)14-21(13-15,16-4-8-18(22)9-5-16)17-6-10-19(23)11-7-17;7-6-4-2-1-3-5-6/h4-11,15,22-23H,12-14H2,1-3H3;1-5,7H. The van der Waals surface area contributed by atoms with E-state index in [2.05, 4.69) is 45.0 Å². The molecule has 3 aromatic rings. The van der Waals surface area contributed by atoms with Crippen molar-refractivity contribution in [3.8, 4) is 17.2 Å². The van der Waals surface area contributed by atoms with Crippen LogP contribution in [0.3, 0.4) is 0 Å². The van der Waals surface area contributed by atoms with Crippen LogP contribution in [0.1, 0.15) is 51.2 Å². The summed E-state index contributed by atoms with van der Waals surface area (Å²) in [5.41, 5.74) is 2.69. The lowest BCUT2D eigenvalue weighted by molar-refractivity contribution is 0.127. The number of aromatic hydroxyl groups is 3. The summed E-state index contributed by atoms with van der Waals surface area (Å²) in [5, 5.41) is 28.0. The van der Waals surface area contributed by atoms with Crippen LogP contribution in [-0.2, 0) is 5.41 Å². The molecule has 4 rings (SSSR count).